The Morgan fingerprint density at radius 3 is 2.72 bits per heavy atom. The topological polar surface area (TPSA) is 94.3 Å². The van der Waals surface area contributed by atoms with Crippen LogP contribution in [0.15, 0.2) is 18.2 Å². The Bertz CT molecular complexity index is 1190. The molecule has 10 heteroatoms. The zero-order valence-corrected chi connectivity index (χ0v) is 17.8. The molecule has 0 spiro atoms. The Morgan fingerprint density at radius 1 is 1.28 bits per heavy atom. The van der Waals surface area contributed by atoms with Crippen LogP contribution in [-0.4, -0.2) is 69.6 Å². The Balaban J connectivity index is 1.40. The number of hydrogen-bond acceptors (Lipinski definition) is 4. The van der Waals surface area contributed by atoms with E-state index in [2.05, 4.69) is 15.2 Å². The molecular formula is C22H23F2N5O3. The normalized spacial score (nSPS) is 16.8. The van der Waals surface area contributed by atoms with Crippen molar-refractivity contribution in [3.63, 3.8) is 0 Å². The van der Waals surface area contributed by atoms with Crippen LogP contribution in [0.2, 0.25) is 0 Å². The van der Waals surface area contributed by atoms with Crippen LogP contribution in [0.25, 0.3) is 10.9 Å². The first-order chi connectivity index (χ1) is 15.3. The van der Waals surface area contributed by atoms with E-state index in [0.29, 0.717) is 25.1 Å². The number of halogens is 2. The summed E-state index contributed by atoms with van der Waals surface area (Å²) in [6.45, 7) is 1.03. The standard InChI is InChI=1S/C22H23F2N5O3/c1-28(22(6-7-22)11-32-2)21(31)19-13-10-29(8-5-16(13)26-27-19)20(30)17-9-12-14(23)3-4-15(24)18(12)25-17/h3-4,9,25H,5-8,10-11H2,1-2H3,(H,26,27). The van der Waals surface area contributed by atoms with E-state index in [-0.39, 0.29) is 40.3 Å². The van der Waals surface area contributed by atoms with Gasteiger partial charge in [0, 0.05) is 43.8 Å². The lowest BCUT2D eigenvalue weighted by Crippen LogP contribution is -2.43. The predicted octanol–water partition coefficient (Wildman–Crippen LogP) is 2.62. The van der Waals surface area contributed by atoms with Crippen molar-refractivity contribution in [3.8, 4) is 0 Å². The van der Waals surface area contributed by atoms with Crippen molar-refractivity contribution < 1.29 is 23.1 Å². The molecule has 8 nitrogen and oxygen atoms in total. The molecule has 168 valence electrons. The monoisotopic (exact) mass is 443 g/mol. The number of nitrogens with zero attached hydrogens (tertiary/aromatic N) is 3. The van der Waals surface area contributed by atoms with Gasteiger partial charge in [0.1, 0.15) is 17.3 Å². The van der Waals surface area contributed by atoms with E-state index in [1.54, 1.807) is 24.0 Å². The number of ether oxygens (including phenoxy) is 1. The number of benzene rings is 1. The number of rotatable bonds is 5. The van der Waals surface area contributed by atoms with Gasteiger partial charge in [-0.15, -0.1) is 0 Å². The zero-order chi connectivity index (χ0) is 22.6. The van der Waals surface area contributed by atoms with Gasteiger partial charge in [0.2, 0.25) is 0 Å². The smallest absolute Gasteiger partial charge is 0.274 e. The van der Waals surface area contributed by atoms with Crippen LogP contribution in [0.4, 0.5) is 8.78 Å². The van der Waals surface area contributed by atoms with E-state index >= 15 is 0 Å². The molecule has 0 atom stereocenters. The number of methoxy groups -OCH3 is 1. The number of aromatic nitrogens is 3. The maximum atomic E-state index is 14.0. The lowest BCUT2D eigenvalue weighted by Gasteiger charge is -2.29. The van der Waals surface area contributed by atoms with Crippen molar-refractivity contribution in [1.82, 2.24) is 25.0 Å². The highest BCUT2D eigenvalue weighted by atomic mass is 19.1. The summed E-state index contributed by atoms with van der Waals surface area (Å²) in [6.07, 6.45) is 2.23. The van der Waals surface area contributed by atoms with Crippen molar-refractivity contribution in [1.29, 1.82) is 0 Å². The third-order valence-electron chi connectivity index (χ3n) is 6.60. The molecule has 2 aromatic heterocycles. The molecule has 0 unspecified atom stereocenters. The highest BCUT2D eigenvalue weighted by Gasteiger charge is 2.49. The molecule has 2 N–H and O–H groups in total. The molecule has 32 heavy (non-hydrogen) atoms. The molecule has 2 aliphatic rings. The third kappa shape index (κ3) is 3.17. The van der Waals surface area contributed by atoms with Gasteiger partial charge in [-0.3, -0.25) is 14.7 Å². The molecular weight excluding hydrogens is 420 g/mol. The molecule has 0 bridgehead atoms. The molecule has 2 amide bonds. The van der Waals surface area contributed by atoms with Crippen molar-refractivity contribution in [2.24, 2.45) is 0 Å². The van der Waals surface area contributed by atoms with Gasteiger partial charge in [-0.1, -0.05) is 0 Å². The third-order valence-corrected chi connectivity index (χ3v) is 6.60. The van der Waals surface area contributed by atoms with E-state index in [1.807, 2.05) is 0 Å². The van der Waals surface area contributed by atoms with Gasteiger partial charge in [0.05, 0.1) is 24.2 Å². The highest BCUT2D eigenvalue weighted by Crippen LogP contribution is 2.42. The lowest BCUT2D eigenvalue weighted by atomic mass is 10.0. The summed E-state index contributed by atoms with van der Waals surface area (Å²) in [5.74, 6) is -1.84. The summed E-state index contributed by atoms with van der Waals surface area (Å²) < 4.78 is 33.3. The van der Waals surface area contributed by atoms with E-state index < -0.39 is 17.5 Å². The van der Waals surface area contributed by atoms with Gasteiger partial charge in [-0.05, 0) is 31.0 Å². The van der Waals surface area contributed by atoms with Gasteiger partial charge in [-0.2, -0.15) is 5.10 Å². The minimum absolute atomic E-state index is 0.0275. The summed E-state index contributed by atoms with van der Waals surface area (Å²) in [5.41, 5.74) is 1.52. The molecule has 1 aliphatic carbocycles. The highest BCUT2D eigenvalue weighted by molar-refractivity contribution is 5.99. The fraction of sp³-hybridized carbons (Fsp3) is 0.409. The second kappa shape index (κ2) is 7.40. The Morgan fingerprint density at radius 2 is 2.03 bits per heavy atom. The van der Waals surface area contributed by atoms with Gasteiger partial charge in [0.15, 0.2) is 5.69 Å². The molecule has 3 aromatic rings. The first-order valence-corrected chi connectivity index (χ1v) is 10.4. The Kier molecular flexibility index (Phi) is 4.77. The largest absolute Gasteiger partial charge is 0.382 e. The fourth-order valence-electron chi connectivity index (χ4n) is 4.45. The summed E-state index contributed by atoms with van der Waals surface area (Å²) in [4.78, 5) is 32.2. The zero-order valence-electron chi connectivity index (χ0n) is 17.8. The first-order valence-electron chi connectivity index (χ1n) is 10.4. The lowest BCUT2D eigenvalue weighted by molar-refractivity contribution is 0.0541. The predicted molar refractivity (Wildman–Crippen MR) is 111 cm³/mol. The molecule has 1 aromatic carbocycles. The van der Waals surface area contributed by atoms with Crippen LogP contribution < -0.4 is 0 Å². The van der Waals surface area contributed by atoms with E-state index in [1.165, 1.54) is 6.07 Å². The van der Waals surface area contributed by atoms with E-state index in [0.717, 1.165) is 30.7 Å². The summed E-state index contributed by atoms with van der Waals surface area (Å²) in [5, 5.41) is 7.20. The average Bonchev–Trinajstić information content (AvgIpc) is 3.24. The Hall–Kier alpha value is -3.27. The molecule has 5 rings (SSSR count). The number of likely N-dealkylation sites (N-methyl/N-ethyl adjacent to an activating group) is 1. The molecule has 1 fully saturated rings. The number of nitrogens with one attached hydrogen (secondary N) is 2. The second-order valence-corrected chi connectivity index (χ2v) is 8.53. The molecule has 0 saturated heterocycles. The number of H-pyrrole nitrogens is 2. The van der Waals surface area contributed by atoms with Crippen LogP contribution in [0.5, 0.6) is 0 Å². The van der Waals surface area contributed by atoms with Crippen LogP contribution >= 0.6 is 0 Å². The number of carbonyl (C=O) groups excluding carboxylic acids is 2. The van der Waals surface area contributed by atoms with Crippen LogP contribution in [0.1, 0.15) is 45.1 Å². The van der Waals surface area contributed by atoms with Crippen LogP contribution in [-0.2, 0) is 17.7 Å². The number of fused-ring (bicyclic) bond motifs is 2. The number of aromatic amines is 2. The van der Waals surface area contributed by atoms with Gasteiger partial charge in [-0.25, -0.2) is 8.78 Å². The molecule has 1 aliphatic heterocycles. The van der Waals surface area contributed by atoms with Crippen molar-refractivity contribution in [3.05, 3.63) is 52.5 Å². The maximum absolute atomic E-state index is 14.0. The fourth-order valence-corrected chi connectivity index (χ4v) is 4.45. The number of amides is 2. The average molecular weight is 443 g/mol. The minimum Gasteiger partial charge on any atom is -0.382 e. The summed E-state index contributed by atoms with van der Waals surface area (Å²) in [7, 11) is 3.36. The van der Waals surface area contributed by atoms with Crippen molar-refractivity contribution in [2.75, 3.05) is 27.3 Å². The maximum Gasteiger partial charge on any atom is 0.274 e. The Labute approximate surface area is 182 Å². The number of hydrogen-bond donors (Lipinski definition) is 2. The quantitative estimate of drug-likeness (QED) is 0.634. The van der Waals surface area contributed by atoms with E-state index in [9.17, 15) is 18.4 Å². The van der Waals surface area contributed by atoms with Gasteiger partial charge < -0.3 is 19.5 Å². The van der Waals surface area contributed by atoms with Gasteiger partial charge >= 0.3 is 0 Å². The van der Waals surface area contributed by atoms with Crippen LogP contribution in [0, 0.1) is 11.6 Å². The molecule has 3 heterocycles. The van der Waals surface area contributed by atoms with Crippen LogP contribution in [0.3, 0.4) is 0 Å². The minimum atomic E-state index is -0.628. The number of carbonyl (C=O) groups is 2. The van der Waals surface area contributed by atoms with E-state index in [4.69, 9.17) is 4.74 Å². The molecule has 1 saturated carbocycles. The summed E-state index contributed by atoms with van der Waals surface area (Å²) in [6, 6.07) is 3.37. The van der Waals surface area contributed by atoms with Gasteiger partial charge in [0.25, 0.3) is 11.8 Å². The van der Waals surface area contributed by atoms with Crippen molar-refractivity contribution >= 4 is 22.7 Å². The first kappa shape index (κ1) is 20.6. The van der Waals surface area contributed by atoms with Crippen molar-refractivity contribution in [2.45, 2.75) is 31.3 Å². The SMILES string of the molecule is COCC1(N(C)C(=O)c2n[nH]c3c2CN(C(=O)c2cc4c(F)ccc(F)c4[nH]2)CC3)CC1. The summed E-state index contributed by atoms with van der Waals surface area (Å²) >= 11 is 0. The molecule has 0 radical (unpaired) electrons. The second-order valence-electron chi connectivity index (χ2n) is 8.53.